The summed E-state index contributed by atoms with van der Waals surface area (Å²) in [5.74, 6) is -1.02. The van der Waals surface area contributed by atoms with E-state index >= 15 is 0 Å². The molecule has 26 heavy (non-hydrogen) atoms. The molecule has 142 valence electrons. The van der Waals surface area contributed by atoms with Crippen molar-refractivity contribution in [3.8, 4) is 0 Å². The van der Waals surface area contributed by atoms with Gasteiger partial charge < -0.3 is 15.5 Å². The summed E-state index contributed by atoms with van der Waals surface area (Å²) in [6, 6.07) is -0.313. The molecule has 3 atom stereocenters. The topological polar surface area (TPSA) is 83.5 Å². The van der Waals surface area contributed by atoms with Gasteiger partial charge in [0, 0.05) is 39.1 Å². The van der Waals surface area contributed by atoms with E-state index < -0.39 is 17.8 Å². The lowest BCUT2D eigenvalue weighted by molar-refractivity contribution is 0.0808. The number of likely N-dealkylation sites (N-methyl/N-ethyl adjacent to an activating group) is 1. The van der Waals surface area contributed by atoms with E-state index in [2.05, 4.69) is 25.6 Å². The summed E-state index contributed by atoms with van der Waals surface area (Å²) in [6.07, 6.45) is 6.71. The number of aliphatic imine (C=N–C) groups is 1. The van der Waals surface area contributed by atoms with Gasteiger partial charge in [0.1, 0.15) is 6.17 Å². The molecule has 4 rings (SSSR count). The van der Waals surface area contributed by atoms with Crippen LogP contribution in [0.5, 0.6) is 0 Å². The fourth-order valence-corrected chi connectivity index (χ4v) is 3.63. The number of hydrogen-bond acceptors (Lipinski definition) is 6. The van der Waals surface area contributed by atoms with Crippen molar-refractivity contribution in [1.29, 1.82) is 0 Å². The van der Waals surface area contributed by atoms with E-state index in [1.54, 1.807) is 24.1 Å². The molecule has 7 nitrogen and oxygen atoms in total. The summed E-state index contributed by atoms with van der Waals surface area (Å²) in [6.45, 7) is 2.32. The Balaban J connectivity index is 1.47. The summed E-state index contributed by atoms with van der Waals surface area (Å²) < 4.78 is 30.0. The highest BCUT2D eigenvalue weighted by atomic mass is 19.1. The number of likely N-dealkylation sites (tertiary alicyclic amines) is 1. The Morgan fingerprint density at radius 2 is 2.23 bits per heavy atom. The summed E-state index contributed by atoms with van der Waals surface area (Å²) in [7, 11) is 1.57. The molecular formula is C17H25F2N7. The first kappa shape index (κ1) is 17.4. The number of piperidine rings is 1. The van der Waals surface area contributed by atoms with E-state index in [9.17, 15) is 8.78 Å². The number of nitrogens with one attached hydrogen (secondary N) is 2. The van der Waals surface area contributed by atoms with E-state index in [0.29, 0.717) is 18.5 Å². The maximum absolute atomic E-state index is 14.7. The number of hydrogen-bond donors (Lipinski definition) is 3. The van der Waals surface area contributed by atoms with Gasteiger partial charge in [0.25, 0.3) is 0 Å². The van der Waals surface area contributed by atoms with Crippen molar-refractivity contribution in [2.75, 3.05) is 26.7 Å². The normalized spacial score (nSPS) is 32.6. The van der Waals surface area contributed by atoms with Crippen molar-refractivity contribution < 1.29 is 8.78 Å². The van der Waals surface area contributed by atoms with Gasteiger partial charge in [0.05, 0.1) is 17.8 Å². The lowest BCUT2D eigenvalue weighted by Crippen LogP contribution is -2.50. The minimum absolute atomic E-state index is 0.0655. The molecule has 1 saturated heterocycles. The number of aromatic nitrogens is 2. The maximum Gasteiger partial charge on any atom is 0.214 e. The van der Waals surface area contributed by atoms with Gasteiger partial charge in [-0.25, -0.2) is 13.8 Å². The number of halogens is 2. The van der Waals surface area contributed by atoms with Crippen LogP contribution in [0.2, 0.25) is 0 Å². The fraction of sp³-hybridized carbons (Fsp3) is 0.647. The van der Waals surface area contributed by atoms with Crippen LogP contribution in [0.4, 0.5) is 8.78 Å². The molecule has 3 heterocycles. The van der Waals surface area contributed by atoms with E-state index in [1.165, 1.54) is 19.0 Å². The molecule has 0 spiro atoms. The third-order valence-corrected chi connectivity index (χ3v) is 5.36. The number of nitrogens with zero attached hydrogens (tertiary/aromatic N) is 4. The SMILES string of the molecule is CNC1=NC(N)(c2cnn([C@@H]3CCN(CC4CC4)C[C@H]3F)c2)NC=C1F. The molecule has 4 N–H and O–H groups in total. The molecule has 1 unspecified atom stereocenters. The Kier molecular flexibility index (Phi) is 4.44. The zero-order chi connectivity index (χ0) is 18.3. The highest BCUT2D eigenvalue weighted by molar-refractivity contribution is 5.96. The minimum atomic E-state index is -1.33. The summed E-state index contributed by atoms with van der Waals surface area (Å²) in [4.78, 5) is 6.40. The van der Waals surface area contributed by atoms with Crippen molar-refractivity contribution >= 4 is 5.84 Å². The average Bonchev–Trinajstić information content (AvgIpc) is 3.29. The van der Waals surface area contributed by atoms with Crippen LogP contribution in [-0.4, -0.2) is 53.4 Å². The van der Waals surface area contributed by atoms with Gasteiger partial charge in [-0.2, -0.15) is 5.10 Å². The smallest absolute Gasteiger partial charge is 0.214 e. The van der Waals surface area contributed by atoms with Crippen LogP contribution in [0.15, 0.2) is 29.4 Å². The number of amidine groups is 1. The first-order chi connectivity index (χ1) is 12.5. The molecular weight excluding hydrogens is 340 g/mol. The van der Waals surface area contributed by atoms with Crippen LogP contribution in [-0.2, 0) is 5.79 Å². The van der Waals surface area contributed by atoms with Crippen LogP contribution in [0.1, 0.15) is 30.9 Å². The fourth-order valence-electron chi connectivity index (χ4n) is 3.63. The third-order valence-electron chi connectivity index (χ3n) is 5.36. The average molecular weight is 365 g/mol. The van der Waals surface area contributed by atoms with E-state index in [-0.39, 0.29) is 11.9 Å². The first-order valence-electron chi connectivity index (χ1n) is 9.10. The van der Waals surface area contributed by atoms with Crippen LogP contribution in [0, 0.1) is 5.92 Å². The monoisotopic (exact) mass is 365 g/mol. The molecule has 3 aliphatic rings. The molecule has 1 aliphatic carbocycles. The predicted octanol–water partition coefficient (Wildman–Crippen LogP) is 0.979. The van der Waals surface area contributed by atoms with Crippen molar-refractivity contribution in [1.82, 2.24) is 25.3 Å². The van der Waals surface area contributed by atoms with Gasteiger partial charge in [0.15, 0.2) is 11.7 Å². The van der Waals surface area contributed by atoms with Crippen LogP contribution in [0.25, 0.3) is 0 Å². The molecule has 1 aromatic rings. The molecule has 2 aliphatic heterocycles. The Morgan fingerprint density at radius 3 is 2.92 bits per heavy atom. The number of alkyl halides is 1. The number of rotatable bonds is 4. The second-order valence-corrected chi connectivity index (χ2v) is 7.40. The summed E-state index contributed by atoms with van der Waals surface area (Å²) in [5, 5.41) is 9.74. The second kappa shape index (κ2) is 6.62. The quantitative estimate of drug-likeness (QED) is 0.741. The molecule has 9 heteroatoms. The zero-order valence-corrected chi connectivity index (χ0v) is 14.8. The lowest BCUT2D eigenvalue weighted by atomic mass is 10.0. The van der Waals surface area contributed by atoms with Gasteiger partial charge in [-0.15, -0.1) is 0 Å². The van der Waals surface area contributed by atoms with Gasteiger partial charge >= 0.3 is 0 Å². The van der Waals surface area contributed by atoms with Gasteiger partial charge in [-0.1, -0.05) is 0 Å². The van der Waals surface area contributed by atoms with Crippen LogP contribution < -0.4 is 16.4 Å². The van der Waals surface area contributed by atoms with E-state index in [0.717, 1.165) is 19.0 Å². The molecule has 2 fully saturated rings. The largest absolute Gasteiger partial charge is 0.371 e. The minimum Gasteiger partial charge on any atom is -0.371 e. The second-order valence-electron chi connectivity index (χ2n) is 7.40. The molecule has 0 radical (unpaired) electrons. The summed E-state index contributed by atoms with van der Waals surface area (Å²) >= 11 is 0. The Labute approximate surface area is 151 Å². The Bertz CT molecular complexity index is 726. The molecule has 1 aromatic heterocycles. The molecule has 0 aromatic carbocycles. The molecule has 1 saturated carbocycles. The maximum atomic E-state index is 14.7. The summed E-state index contributed by atoms with van der Waals surface area (Å²) in [5.41, 5.74) is 6.82. The van der Waals surface area contributed by atoms with Crippen LogP contribution >= 0.6 is 0 Å². The van der Waals surface area contributed by atoms with Crippen molar-refractivity contribution in [3.63, 3.8) is 0 Å². The van der Waals surface area contributed by atoms with Crippen molar-refractivity contribution in [2.45, 2.75) is 37.3 Å². The van der Waals surface area contributed by atoms with Crippen LogP contribution in [0.3, 0.4) is 0 Å². The third kappa shape index (κ3) is 3.33. The van der Waals surface area contributed by atoms with Gasteiger partial charge in [0.2, 0.25) is 5.79 Å². The zero-order valence-electron chi connectivity index (χ0n) is 14.8. The predicted molar refractivity (Wildman–Crippen MR) is 94.6 cm³/mol. The van der Waals surface area contributed by atoms with Crippen molar-refractivity contribution in [2.24, 2.45) is 16.6 Å². The van der Waals surface area contributed by atoms with Gasteiger partial charge in [-0.05, 0) is 25.2 Å². The standard InChI is InChI=1S/C17H25F2N7/c1-21-16-13(18)7-22-17(20,24-16)12-6-23-26(9-12)15-4-5-25(10-14(15)19)8-11-2-3-11/h6-7,9,11,14-15,22H,2-5,8,10,20H2,1H3,(H,21,24)/t14-,15-,17?/m1/s1. The highest BCUT2D eigenvalue weighted by Gasteiger charge is 2.36. The first-order valence-corrected chi connectivity index (χ1v) is 9.10. The number of nitrogens with two attached hydrogens (primary N) is 1. The molecule has 0 bridgehead atoms. The van der Waals surface area contributed by atoms with Gasteiger partial charge in [-0.3, -0.25) is 10.4 Å². The lowest BCUT2D eigenvalue weighted by Gasteiger charge is -2.35. The highest BCUT2D eigenvalue weighted by Crippen LogP contribution is 2.33. The van der Waals surface area contributed by atoms with E-state index in [4.69, 9.17) is 5.73 Å². The Hall–Kier alpha value is -2.00. The molecule has 0 amide bonds. The Morgan fingerprint density at radius 1 is 1.42 bits per heavy atom. The van der Waals surface area contributed by atoms with E-state index in [1.807, 2.05) is 0 Å². The van der Waals surface area contributed by atoms with Crippen molar-refractivity contribution in [3.05, 3.63) is 30.0 Å².